The maximum absolute atomic E-state index is 13.5. The normalized spacial score (nSPS) is 22.9. The second-order valence-corrected chi connectivity index (χ2v) is 7.09. The van der Waals surface area contributed by atoms with Gasteiger partial charge in [-0.2, -0.15) is 0 Å². The Balaban J connectivity index is 1.52. The SMILES string of the molecule is Fc1cccc(C2CNCCN2Cc2csc(C3CC3)n2)c1. The Labute approximate surface area is 134 Å². The Morgan fingerprint density at radius 1 is 1.36 bits per heavy atom. The van der Waals surface area contributed by atoms with Crippen LogP contribution in [0.25, 0.3) is 0 Å². The van der Waals surface area contributed by atoms with E-state index in [-0.39, 0.29) is 11.9 Å². The number of hydrogen-bond donors (Lipinski definition) is 1. The monoisotopic (exact) mass is 317 g/mol. The molecule has 5 heteroatoms. The molecule has 0 spiro atoms. The summed E-state index contributed by atoms with van der Waals surface area (Å²) in [6.07, 6.45) is 2.60. The highest BCUT2D eigenvalue weighted by atomic mass is 32.1. The zero-order valence-corrected chi connectivity index (χ0v) is 13.3. The van der Waals surface area contributed by atoms with E-state index in [4.69, 9.17) is 4.98 Å². The van der Waals surface area contributed by atoms with Crippen LogP contribution in [-0.4, -0.2) is 29.5 Å². The van der Waals surface area contributed by atoms with Crippen LogP contribution in [0.3, 0.4) is 0 Å². The lowest BCUT2D eigenvalue weighted by Gasteiger charge is -2.36. The third-order valence-electron chi connectivity index (χ3n) is 4.45. The van der Waals surface area contributed by atoms with E-state index < -0.39 is 0 Å². The summed E-state index contributed by atoms with van der Waals surface area (Å²) in [7, 11) is 0. The summed E-state index contributed by atoms with van der Waals surface area (Å²) in [4.78, 5) is 7.21. The van der Waals surface area contributed by atoms with Crippen LogP contribution in [0.5, 0.6) is 0 Å². The fourth-order valence-corrected chi connectivity index (χ4v) is 4.08. The first kappa shape index (κ1) is 14.3. The van der Waals surface area contributed by atoms with Crippen molar-refractivity contribution < 1.29 is 4.39 Å². The summed E-state index contributed by atoms with van der Waals surface area (Å²) in [5, 5.41) is 6.91. The average molecular weight is 317 g/mol. The van der Waals surface area contributed by atoms with Gasteiger partial charge in [0, 0.05) is 43.5 Å². The Hall–Kier alpha value is -1.30. The Bertz CT molecular complexity index is 653. The van der Waals surface area contributed by atoms with Crippen molar-refractivity contribution in [2.75, 3.05) is 19.6 Å². The number of rotatable bonds is 4. The summed E-state index contributed by atoms with van der Waals surface area (Å²) in [5.74, 6) is 0.563. The Kier molecular flexibility index (Phi) is 3.94. The van der Waals surface area contributed by atoms with Crippen LogP contribution in [0.15, 0.2) is 29.6 Å². The maximum Gasteiger partial charge on any atom is 0.123 e. The average Bonchev–Trinajstić information content (AvgIpc) is 3.28. The number of benzene rings is 1. The minimum Gasteiger partial charge on any atom is -0.314 e. The van der Waals surface area contributed by atoms with Gasteiger partial charge >= 0.3 is 0 Å². The van der Waals surface area contributed by atoms with E-state index in [1.165, 1.54) is 23.9 Å². The minimum absolute atomic E-state index is 0.160. The molecule has 0 radical (unpaired) electrons. The van der Waals surface area contributed by atoms with Crippen LogP contribution in [0.4, 0.5) is 4.39 Å². The lowest BCUT2D eigenvalue weighted by molar-refractivity contribution is 0.152. The van der Waals surface area contributed by atoms with Gasteiger partial charge in [0.1, 0.15) is 5.82 Å². The minimum atomic E-state index is -0.160. The van der Waals surface area contributed by atoms with Crippen LogP contribution < -0.4 is 5.32 Å². The molecule has 3 nitrogen and oxygen atoms in total. The fourth-order valence-electron chi connectivity index (χ4n) is 3.10. The van der Waals surface area contributed by atoms with Gasteiger partial charge in [-0.15, -0.1) is 11.3 Å². The summed E-state index contributed by atoms with van der Waals surface area (Å²) < 4.78 is 13.5. The van der Waals surface area contributed by atoms with Gasteiger partial charge in [-0.25, -0.2) is 9.37 Å². The van der Waals surface area contributed by atoms with Crippen LogP contribution in [0.1, 0.15) is 41.1 Å². The second-order valence-electron chi connectivity index (χ2n) is 6.20. The third kappa shape index (κ3) is 3.07. The van der Waals surface area contributed by atoms with Crippen LogP contribution in [0, 0.1) is 5.82 Å². The quantitative estimate of drug-likeness (QED) is 0.938. The van der Waals surface area contributed by atoms with E-state index in [2.05, 4.69) is 15.6 Å². The van der Waals surface area contributed by atoms with E-state index in [1.54, 1.807) is 23.5 Å². The molecule has 1 atom stereocenters. The number of nitrogens with zero attached hydrogens (tertiary/aromatic N) is 2. The number of hydrogen-bond acceptors (Lipinski definition) is 4. The number of aromatic nitrogens is 1. The van der Waals surface area contributed by atoms with Gasteiger partial charge < -0.3 is 5.32 Å². The van der Waals surface area contributed by atoms with Crippen molar-refractivity contribution in [1.29, 1.82) is 0 Å². The first-order chi connectivity index (χ1) is 10.8. The van der Waals surface area contributed by atoms with Gasteiger partial charge in [0.15, 0.2) is 0 Å². The molecule has 22 heavy (non-hydrogen) atoms. The number of nitrogens with one attached hydrogen (secondary N) is 1. The van der Waals surface area contributed by atoms with Gasteiger partial charge in [0.25, 0.3) is 0 Å². The topological polar surface area (TPSA) is 28.2 Å². The summed E-state index contributed by atoms with van der Waals surface area (Å²) >= 11 is 1.79. The van der Waals surface area contributed by atoms with Gasteiger partial charge in [-0.1, -0.05) is 12.1 Å². The smallest absolute Gasteiger partial charge is 0.123 e. The predicted molar refractivity (Wildman–Crippen MR) is 86.5 cm³/mol. The van der Waals surface area contributed by atoms with Crippen molar-refractivity contribution in [3.8, 4) is 0 Å². The number of piperazine rings is 1. The Morgan fingerprint density at radius 2 is 2.27 bits per heavy atom. The van der Waals surface area contributed by atoms with Crippen LogP contribution >= 0.6 is 11.3 Å². The van der Waals surface area contributed by atoms with Crippen molar-refractivity contribution in [2.24, 2.45) is 0 Å². The first-order valence-electron chi connectivity index (χ1n) is 7.94. The van der Waals surface area contributed by atoms with Gasteiger partial charge in [-0.05, 0) is 30.5 Å². The maximum atomic E-state index is 13.5. The largest absolute Gasteiger partial charge is 0.314 e. The van der Waals surface area contributed by atoms with Crippen LogP contribution in [-0.2, 0) is 6.54 Å². The fraction of sp³-hybridized carbons (Fsp3) is 0.471. The molecule has 1 aromatic carbocycles. The van der Waals surface area contributed by atoms with Gasteiger partial charge in [0.05, 0.1) is 10.7 Å². The first-order valence-corrected chi connectivity index (χ1v) is 8.82. The zero-order chi connectivity index (χ0) is 14.9. The Morgan fingerprint density at radius 3 is 3.09 bits per heavy atom. The van der Waals surface area contributed by atoms with E-state index in [0.29, 0.717) is 0 Å². The molecule has 1 aliphatic carbocycles. The molecule has 2 fully saturated rings. The van der Waals surface area contributed by atoms with Crippen molar-refractivity contribution in [3.63, 3.8) is 0 Å². The summed E-state index contributed by atoms with van der Waals surface area (Å²) in [6.45, 7) is 3.66. The molecule has 2 aromatic rings. The summed E-state index contributed by atoms with van der Waals surface area (Å²) in [6, 6.07) is 7.19. The standard InChI is InChI=1S/C17H20FN3S/c18-14-3-1-2-13(8-14)16-9-19-6-7-21(16)10-15-11-22-17(20-15)12-4-5-12/h1-3,8,11-12,16,19H,4-7,9-10H2. The van der Waals surface area contributed by atoms with Gasteiger partial charge in [-0.3, -0.25) is 4.90 Å². The predicted octanol–water partition coefficient (Wildman–Crippen LogP) is 3.31. The van der Waals surface area contributed by atoms with Crippen LogP contribution in [0.2, 0.25) is 0 Å². The highest BCUT2D eigenvalue weighted by Crippen LogP contribution is 2.41. The van der Waals surface area contributed by atoms with Gasteiger partial charge in [0.2, 0.25) is 0 Å². The molecule has 116 valence electrons. The number of halogens is 1. The molecule has 0 bridgehead atoms. The van der Waals surface area contributed by atoms with E-state index >= 15 is 0 Å². The zero-order valence-electron chi connectivity index (χ0n) is 12.5. The molecule has 1 saturated carbocycles. The molecule has 1 N–H and O–H groups in total. The second kappa shape index (κ2) is 6.07. The van der Waals surface area contributed by atoms with Crippen molar-refractivity contribution in [2.45, 2.75) is 31.3 Å². The molecule has 1 aliphatic heterocycles. The molecule has 1 unspecified atom stereocenters. The summed E-state index contributed by atoms with van der Waals surface area (Å²) in [5.41, 5.74) is 2.21. The molecule has 1 saturated heterocycles. The molecule has 2 aliphatic rings. The molecule has 1 aromatic heterocycles. The molecular weight excluding hydrogens is 297 g/mol. The highest BCUT2D eigenvalue weighted by molar-refractivity contribution is 7.09. The molecule has 4 rings (SSSR count). The van der Waals surface area contributed by atoms with E-state index in [9.17, 15) is 4.39 Å². The number of thiazole rings is 1. The molecular formula is C17H20FN3S. The molecule has 0 amide bonds. The van der Waals surface area contributed by atoms with Crippen molar-refractivity contribution in [1.82, 2.24) is 15.2 Å². The third-order valence-corrected chi connectivity index (χ3v) is 5.50. The lowest BCUT2D eigenvalue weighted by atomic mass is 10.0. The van der Waals surface area contributed by atoms with Crippen molar-refractivity contribution in [3.05, 3.63) is 51.7 Å². The van der Waals surface area contributed by atoms with Crippen molar-refractivity contribution >= 4 is 11.3 Å². The van der Waals surface area contributed by atoms with E-state index in [1.807, 2.05) is 6.07 Å². The highest BCUT2D eigenvalue weighted by Gasteiger charge is 2.28. The molecule has 2 heterocycles. The van der Waals surface area contributed by atoms with E-state index in [0.717, 1.165) is 43.4 Å². The lowest BCUT2D eigenvalue weighted by Crippen LogP contribution is -2.45.